The van der Waals surface area contributed by atoms with Gasteiger partial charge in [-0.2, -0.15) is 0 Å². The SMILES string of the molecule is CC(=O)NCC1CCN(C(=O)c2[nH]c(C)cc2C)C1(C)C. The third kappa shape index (κ3) is 2.96. The molecule has 0 aromatic carbocycles. The van der Waals surface area contributed by atoms with E-state index in [2.05, 4.69) is 24.1 Å². The first-order valence-corrected chi connectivity index (χ1v) is 7.46. The van der Waals surface area contributed by atoms with Gasteiger partial charge in [-0.05, 0) is 45.7 Å². The summed E-state index contributed by atoms with van der Waals surface area (Å²) in [6.07, 6.45) is 0.914. The van der Waals surface area contributed by atoms with Crippen LogP contribution in [-0.2, 0) is 4.79 Å². The largest absolute Gasteiger partial charge is 0.356 e. The normalized spacial score (nSPS) is 20.6. The van der Waals surface area contributed by atoms with Crippen molar-refractivity contribution >= 4 is 11.8 Å². The minimum absolute atomic E-state index is 0.0218. The minimum Gasteiger partial charge on any atom is -0.356 e. The molecule has 0 spiro atoms. The number of amides is 2. The molecule has 21 heavy (non-hydrogen) atoms. The van der Waals surface area contributed by atoms with Crippen molar-refractivity contribution in [3.8, 4) is 0 Å². The van der Waals surface area contributed by atoms with Crippen molar-refractivity contribution in [1.82, 2.24) is 15.2 Å². The third-order valence-corrected chi connectivity index (χ3v) is 4.60. The predicted molar refractivity (Wildman–Crippen MR) is 82.2 cm³/mol. The number of carbonyl (C=O) groups is 2. The van der Waals surface area contributed by atoms with Gasteiger partial charge in [-0.1, -0.05) is 0 Å². The summed E-state index contributed by atoms with van der Waals surface area (Å²) < 4.78 is 0. The summed E-state index contributed by atoms with van der Waals surface area (Å²) in [6, 6.07) is 1.99. The van der Waals surface area contributed by atoms with Crippen LogP contribution < -0.4 is 5.32 Å². The van der Waals surface area contributed by atoms with E-state index in [0.717, 1.165) is 24.2 Å². The summed E-state index contributed by atoms with van der Waals surface area (Å²) in [4.78, 5) is 29.0. The molecule has 5 heteroatoms. The first-order chi connectivity index (χ1) is 9.73. The lowest BCUT2D eigenvalue weighted by molar-refractivity contribution is -0.119. The second-order valence-electron chi connectivity index (χ2n) is 6.54. The fourth-order valence-electron chi connectivity index (χ4n) is 3.21. The van der Waals surface area contributed by atoms with E-state index >= 15 is 0 Å². The number of rotatable bonds is 3. The number of hydrogen-bond donors (Lipinski definition) is 2. The number of carbonyl (C=O) groups excluding carboxylic acids is 2. The Labute approximate surface area is 126 Å². The Morgan fingerprint density at radius 1 is 1.43 bits per heavy atom. The highest BCUT2D eigenvalue weighted by Crippen LogP contribution is 2.35. The number of aryl methyl sites for hydroxylation is 2. The molecule has 1 aromatic heterocycles. The van der Waals surface area contributed by atoms with Crippen LogP contribution in [-0.4, -0.2) is 40.3 Å². The van der Waals surface area contributed by atoms with Crippen molar-refractivity contribution in [3.05, 3.63) is 23.0 Å². The van der Waals surface area contributed by atoms with Crippen LogP contribution in [0.15, 0.2) is 6.07 Å². The number of aromatic amines is 1. The van der Waals surface area contributed by atoms with E-state index in [4.69, 9.17) is 0 Å². The van der Waals surface area contributed by atoms with Gasteiger partial charge in [-0.25, -0.2) is 0 Å². The first kappa shape index (κ1) is 15.6. The fourth-order valence-corrected chi connectivity index (χ4v) is 3.21. The molecule has 0 radical (unpaired) electrons. The lowest BCUT2D eigenvalue weighted by Gasteiger charge is -2.36. The summed E-state index contributed by atoms with van der Waals surface area (Å²) in [5, 5.41) is 2.87. The molecule has 5 nitrogen and oxygen atoms in total. The molecule has 0 saturated carbocycles. The van der Waals surface area contributed by atoms with Crippen molar-refractivity contribution in [2.75, 3.05) is 13.1 Å². The monoisotopic (exact) mass is 291 g/mol. The lowest BCUT2D eigenvalue weighted by Crippen LogP contribution is -2.48. The number of aromatic nitrogens is 1. The molecule has 2 rings (SSSR count). The molecular formula is C16H25N3O2. The van der Waals surface area contributed by atoms with E-state index < -0.39 is 0 Å². The van der Waals surface area contributed by atoms with E-state index in [1.807, 2.05) is 24.8 Å². The first-order valence-electron chi connectivity index (χ1n) is 7.46. The van der Waals surface area contributed by atoms with E-state index in [1.54, 1.807) is 0 Å². The topological polar surface area (TPSA) is 65.2 Å². The number of likely N-dealkylation sites (tertiary alicyclic amines) is 1. The van der Waals surface area contributed by atoms with Gasteiger partial charge in [0, 0.05) is 37.2 Å². The zero-order chi connectivity index (χ0) is 15.8. The standard InChI is InChI=1S/C16H25N3O2/c1-10-8-11(2)18-14(10)15(21)19-7-6-13(16(19,4)5)9-17-12(3)20/h8,13,18H,6-7,9H2,1-5H3,(H,17,20). The predicted octanol–water partition coefficient (Wildman–Crippen LogP) is 2.01. The van der Waals surface area contributed by atoms with Gasteiger partial charge in [0.1, 0.15) is 5.69 Å². The Hall–Kier alpha value is -1.78. The summed E-state index contributed by atoms with van der Waals surface area (Å²) >= 11 is 0. The number of hydrogen-bond acceptors (Lipinski definition) is 2. The summed E-state index contributed by atoms with van der Waals surface area (Å²) in [7, 11) is 0. The molecule has 116 valence electrons. The summed E-state index contributed by atoms with van der Waals surface area (Å²) in [5.41, 5.74) is 2.41. The maximum Gasteiger partial charge on any atom is 0.270 e. The summed E-state index contributed by atoms with van der Waals surface area (Å²) in [6.45, 7) is 10.9. The van der Waals surface area contributed by atoms with E-state index in [9.17, 15) is 9.59 Å². The van der Waals surface area contributed by atoms with Crippen molar-refractivity contribution < 1.29 is 9.59 Å². The molecule has 2 N–H and O–H groups in total. The van der Waals surface area contributed by atoms with E-state index in [-0.39, 0.29) is 23.3 Å². The Bertz CT molecular complexity index is 560. The molecule has 1 unspecified atom stereocenters. The number of H-pyrrole nitrogens is 1. The molecule has 2 amide bonds. The average molecular weight is 291 g/mol. The van der Waals surface area contributed by atoms with Crippen molar-refractivity contribution in [3.63, 3.8) is 0 Å². The van der Waals surface area contributed by atoms with Crippen LogP contribution in [0.1, 0.15) is 48.9 Å². The second-order valence-corrected chi connectivity index (χ2v) is 6.54. The van der Waals surface area contributed by atoms with E-state index in [0.29, 0.717) is 12.2 Å². The van der Waals surface area contributed by atoms with Gasteiger partial charge in [0.2, 0.25) is 5.91 Å². The molecule has 1 fully saturated rings. The Kier molecular flexibility index (Phi) is 4.12. The zero-order valence-corrected chi connectivity index (χ0v) is 13.5. The van der Waals surface area contributed by atoms with Crippen LogP contribution in [0.25, 0.3) is 0 Å². The van der Waals surface area contributed by atoms with Crippen LogP contribution in [0.5, 0.6) is 0 Å². The smallest absolute Gasteiger partial charge is 0.270 e. The fraction of sp³-hybridized carbons (Fsp3) is 0.625. The molecule has 0 bridgehead atoms. The van der Waals surface area contributed by atoms with Crippen LogP contribution in [0.2, 0.25) is 0 Å². The molecular weight excluding hydrogens is 266 g/mol. The van der Waals surface area contributed by atoms with Crippen LogP contribution >= 0.6 is 0 Å². The molecule has 2 heterocycles. The van der Waals surface area contributed by atoms with Gasteiger partial charge in [0.15, 0.2) is 0 Å². The maximum atomic E-state index is 12.8. The van der Waals surface area contributed by atoms with Gasteiger partial charge in [-0.3, -0.25) is 9.59 Å². The number of nitrogens with one attached hydrogen (secondary N) is 2. The second kappa shape index (κ2) is 5.54. The zero-order valence-electron chi connectivity index (χ0n) is 13.5. The van der Waals surface area contributed by atoms with Crippen LogP contribution in [0, 0.1) is 19.8 Å². The van der Waals surface area contributed by atoms with Crippen molar-refractivity contribution in [2.45, 2.75) is 46.6 Å². The van der Waals surface area contributed by atoms with Gasteiger partial charge >= 0.3 is 0 Å². The molecule has 1 atom stereocenters. The molecule has 1 aliphatic rings. The van der Waals surface area contributed by atoms with Crippen LogP contribution in [0.3, 0.4) is 0 Å². The van der Waals surface area contributed by atoms with Crippen LogP contribution in [0.4, 0.5) is 0 Å². The maximum absolute atomic E-state index is 12.8. The van der Waals surface area contributed by atoms with Crippen molar-refractivity contribution in [2.24, 2.45) is 5.92 Å². The minimum atomic E-state index is -0.259. The van der Waals surface area contributed by atoms with Gasteiger partial charge in [-0.15, -0.1) is 0 Å². The Balaban J connectivity index is 2.16. The third-order valence-electron chi connectivity index (χ3n) is 4.60. The molecule has 1 aromatic rings. The number of nitrogens with zero attached hydrogens (tertiary/aromatic N) is 1. The molecule has 1 saturated heterocycles. The summed E-state index contributed by atoms with van der Waals surface area (Å²) in [5.74, 6) is 0.309. The highest BCUT2D eigenvalue weighted by molar-refractivity contribution is 5.94. The molecule has 1 aliphatic heterocycles. The lowest BCUT2D eigenvalue weighted by atomic mass is 9.88. The van der Waals surface area contributed by atoms with Crippen molar-refractivity contribution in [1.29, 1.82) is 0 Å². The van der Waals surface area contributed by atoms with Gasteiger partial charge in [0.05, 0.1) is 0 Å². The van der Waals surface area contributed by atoms with Gasteiger partial charge < -0.3 is 15.2 Å². The van der Waals surface area contributed by atoms with E-state index in [1.165, 1.54) is 6.92 Å². The average Bonchev–Trinajstić information content (AvgIpc) is 2.85. The van der Waals surface area contributed by atoms with Gasteiger partial charge in [0.25, 0.3) is 5.91 Å². The highest BCUT2D eigenvalue weighted by atomic mass is 16.2. The quantitative estimate of drug-likeness (QED) is 0.894. The Morgan fingerprint density at radius 3 is 2.62 bits per heavy atom. The molecule has 0 aliphatic carbocycles. The highest BCUT2D eigenvalue weighted by Gasteiger charge is 2.44. The Morgan fingerprint density at radius 2 is 2.10 bits per heavy atom.